The highest BCUT2D eigenvalue weighted by atomic mass is 15.3. The molecule has 0 spiro atoms. The van der Waals surface area contributed by atoms with E-state index in [9.17, 15) is 0 Å². The molecule has 3 aromatic heterocycles. The quantitative estimate of drug-likeness (QED) is 0.476. The van der Waals surface area contributed by atoms with Crippen molar-refractivity contribution in [3.63, 3.8) is 0 Å². The van der Waals surface area contributed by atoms with E-state index in [2.05, 4.69) is 21.7 Å². The SMILES string of the molecule is Cn1c2ccccc2c2nn3cc(-c4ccccc4)nc3nc21. The van der Waals surface area contributed by atoms with Crippen LogP contribution in [0.15, 0.2) is 60.8 Å². The standard InChI is InChI=1S/C18H13N5/c1-22-15-10-6-5-9-13(15)16-17(22)20-18-19-14(11-23(18)21-16)12-7-3-2-4-8-12/h2-11H,1H3. The molecule has 0 bridgehead atoms. The van der Waals surface area contributed by atoms with Gasteiger partial charge in [-0.3, -0.25) is 0 Å². The summed E-state index contributed by atoms with van der Waals surface area (Å²) in [5, 5.41) is 5.85. The van der Waals surface area contributed by atoms with E-state index in [1.807, 2.05) is 55.7 Å². The summed E-state index contributed by atoms with van der Waals surface area (Å²) >= 11 is 0. The van der Waals surface area contributed by atoms with Gasteiger partial charge in [0.25, 0.3) is 5.78 Å². The molecule has 5 heteroatoms. The summed E-state index contributed by atoms with van der Waals surface area (Å²) in [5.41, 5.74) is 4.81. The largest absolute Gasteiger partial charge is 0.327 e. The average molecular weight is 299 g/mol. The van der Waals surface area contributed by atoms with Gasteiger partial charge in [0.15, 0.2) is 5.65 Å². The molecule has 5 rings (SSSR count). The molecule has 0 saturated carbocycles. The number of rotatable bonds is 1. The highest BCUT2D eigenvalue weighted by Crippen LogP contribution is 2.26. The van der Waals surface area contributed by atoms with Gasteiger partial charge < -0.3 is 4.57 Å². The molecule has 2 aromatic carbocycles. The molecule has 5 nitrogen and oxygen atoms in total. The predicted molar refractivity (Wildman–Crippen MR) is 90.2 cm³/mol. The van der Waals surface area contributed by atoms with E-state index in [-0.39, 0.29) is 0 Å². The molecule has 0 N–H and O–H groups in total. The minimum Gasteiger partial charge on any atom is -0.327 e. The Morgan fingerprint density at radius 2 is 1.65 bits per heavy atom. The lowest BCUT2D eigenvalue weighted by atomic mass is 10.2. The minimum absolute atomic E-state index is 0.613. The number of nitrogens with zero attached hydrogens (tertiary/aromatic N) is 5. The molecule has 5 aromatic rings. The zero-order valence-corrected chi connectivity index (χ0v) is 12.5. The Hall–Kier alpha value is -3.21. The van der Waals surface area contributed by atoms with Crippen LogP contribution in [0.1, 0.15) is 0 Å². The highest BCUT2D eigenvalue weighted by molar-refractivity contribution is 6.04. The molecule has 0 unspecified atom stereocenters. The maximum Gasteiger partial charge on any atom is 0.253 e. The van der Waals surface area contributed by atoms with Gasteiger partial charge in [0.05, 0.1) is 17.4 Å². The van der Waals surface area contributed by atoms with Gasteiger partial charge in [0.1, 0.15) is 5.52 Å². The number of hydrogen-bond donors (Lipinski definition) is 0. The number of fused-ring (bicyclic) bond motifs is 4. The van der Waals surface area contributed by atoms with Crippen molar-refractivity contribution >= 4 is 27.8 Å². The second kappa shape index (κ2) is 4.39. The third-order valence-electron chi connectivity index (χ3n) is 4.20. The van der Waals surface area contributed by atoms with Crippen LogP contribution in [0.4, 0.5) is 0 Å². The normalized spacial score (nSPS) is 11.7. The van der Waals surface area contributed by atoms with Crippen molar-refractivity contribution in [2.45, 2.75) is 0 Å². The Morgan fingerprint density at radius 3 is 2.52 bits per heavy atom. The minimum atomic E-state index is 0.613. The number of aromatic nitrogens is 5. The van der Waals surface area contributed by atoms with Gasteiger partial charge in [-0.05, 0) is 6.07 Å². The van der Waals surface area contributed by atoms with E-state index >= 15 is 0 Å². The first-order chi connectivity index (χ1) is 11.3. The molecule has 110 valence electrons. The summed E-state index contributed by atoms with van der Waals surface area (Å²) < 4.78 is 3.83. The fourth-order valence-corrected chi connectivity index (χ4v) is 3.05. The fourth-order valence-electron chi connectivity index (χ4n) is 3.05. The van der Waals surface area contributed by atoms with E-state index in [0.717, 1.165) is 33.3 Å². The first-order valence-corrected chi connectivity index (χ1v) is 7.47. The van der Waals surface area contributed by atoms with Crippen LogP contribution in [0, 0.1) is 0 Å². The van der Waals surface area contributed by atoms with Gasteiger partial charge in [-0.15, -0.1) is 0 Å². The molecular formula is C18H13N5. The van der Waals surface area contributed by atoms with Crippen molar-refractivity contribution in [3.05, 3.63) is 60.8 Å². The summed E-state index contributed by atoms with van der Waals surface area (Å²) in [4.78, 5) is 9.33. The van der Waals surface area contributed by atoms with E-state index in [0.29, 0.717) is 5.78 Å². The van der Waals surface area contributed by atoms with Crippen LogP contribution in [0.2, 0.25) is 0 Å². The fraction of sp³-hybridized carbons (Fsp3) is 0.0556. The lowest BCUT2D eigenvalue weighted by Gasteiger charge is -1.96. The van der Waals surface area contributed by atoms with Crippen LogP contribution >= 0.6 is 0 Å². The molecule has 0 atom stereocenters. The topological polar surface area (TPSA) is 48.0 Å². The summed E-state index contributed by atoms with van der Waals surface area (Å²) in [6.07, 6.45) is 1.93. The van der Waals surface area contributed by atoms with Gasteiger partial charge in [0, 0.05) is 18.0 Å². The summed E-state index contributed by atoms with van der Waals surface area (Å²) in [7, 11) is 2.01. The van der Waals surface area contributed by atoms with Crippen LogP contribution in [0.3, 0.4) is 0 Å². The van der Waals surface area contributed by atoms with E-state index in [1.165, 1.54) is 0 Å². The van der Waals surface area contributed by atoms with Gasteiger partial charge in [-0.2, -0.15) is 10.1 Å². The van der Waals surface area contributed by atoms with Crippen LogP contribution in [0.25, 0.3) is 39.1 Å². The van der Waals surface area contributed by atoms with E-state index in [4.69, 9.17) is 10.1 Å². The molecule has 3 heterocycles. The lowest BCUT2D eigenvalue weighted by Crippen LogP contribution is -1.96. The molecule has 0 amide bonds. The van der Waals surface area contributed by atoms with E-state index in [1.54, 1.807) is 4.52 Å². The lowest BCUT2D eigenvalue weighted by molar-refractivity contribution is 0.919. The summed E-state index contributed by atoms with van der Waals surface area (Å²) in [5.74, 6) is 0.613. The Balaban J connectivity index is 1.84. The smallest absolute Gasteiger partial charge is 0.253 e. The van der Waals surface area contributed by atoms with Crippen molar-refractivity contribution in [1.82, 2.24) is 24.1 Å². The average Bonchev–Trinajstić information content (AvgIpc) is 3.14. The van der Waals surface area contributed by atoms with Crippen molar-refractivity contribution in [1.29, 1.82) is 0 Å². The predicted octanol–water partition coefficient (Wildman–Crippen LogP) is 3.44. The third-order valence-corrected chi connectivity index (χ3v) is 4.20. The second-order valence-electron chi connectivity index (χ2n) is 5.60. The highest BCUT2D eigenvalue weighted by Gasteiger charge is 2.14. The Kier molecular flexibility index (Phi) is 2.36. The Labute approximate surface area is 131 Å². The zero-order valence-electron chi connectivity index (χ0n) is 12.5. The first kappa shape index (κ1) is 12.3. The van der Waals surface area contributed by atoms with Crippen LogP contribution < -0.4 is 0 Å². The summed E-state index contributed by atoms with van der Waals surface area (Å²) in [6, 6.07) is 18.3. The second-order valence-corrected chi connectivity index (χ2v) is 5.60. The molecule has 23 heavy (non-hydrogen) atoms. The maximum atomic E-state index is 4.74. The van der Waals surface area contributed by atoms with Crippen LogP contribution in [-0.2, 0) is 7.05 Å². The third kappa shape index (κ3) is 1.70. The maximum absolute atomic E-state index is 4.74. The molecule has 0 fully saturated rings. The molecule has 0 saturated heterocycles. The van der Waals surface area contributed by atoms with Crippen LogP contribution in [0.5, 0.6) is 0 Å². The monoisotopic (exact) mass is 299 g/mol. The Bertz CT molecular complexity index is 1170. The zero-order chi connectivity index (χ0) is 15.4. The summed E-state index contributed by atoms with van der Waals surface area (Å²) in [6.45, 7) is 0. The number of aryl methyl sites for hydroxylation is 1. The number of imidazole rings is 1. The Morgan fingerprint density at radius 1 is 0.870 bits per heavy atom. The van der Waals surface area contributed by atoms with Gasteiger partial charge in [0.2, 0.25) is 0 Å². The molecule has 0 aliphatic rings. The number of hydrogen-bond acceptors (Lipinski definition) is 3. The molecule has 0 aliphatic heterocycles. The first-order valence-electron chi connectivity index (χ1n) is 7.47. The van der Waals surface area contributed by atoms with E-state index < -0.39 is 0 Å². The van der Waals surface area contributed by atoms with Gasteiger partial charge >= 0.3 is 0 Å². The van der Waals surface area contributed by atoms with Crippen LogP contribution in [-0.4, -0.2) is 24.1 Å². The van der Waals surface area contributed by atoms with Crippen molar-refractivity contribution in [3.8, 4) is 11.3 Å². The molecule has 0 radical (unpaired) electrons. The molecule has 0 aliphatic carbocycles. The van der Waals surface area contributed by atoms with Crippen molar-refractivity contribution in [2.24, 2.45) is 7.05 Å². The van der Waals surface area contributed by atoms with Gasteiger partial charge in [-0.25, -0.2) is 9.50 Å². The molecular weight excluding hydrogens is 286 g/mol. The number of para-hydroxylation sites is 1. The van der Waals surface area contributed by atoms with Gasteiger partial charge in [-0.1, -0.05) is 48.5 Å². The van der Waals surface area contributed by atoms with Crippen molar-refractivity contribution in [2.75, 3.05) is 0 Å². The number of benzene rings is 2. The van der Waals surface area contributed by atoms with Crippen molar-refractivity contribution < 1.29 is 0 Å².